The summed E-state index contributed by atoms with van der Waals surface area (Å²) in [7, 11) is -3.58. The van der Waals surface area contributed by atoms with E-state index in [0.29, 0.717) is 47.2 Å². The van der Waals surface area contributed by atoms with E-state index in [0.717, 1.165) is 31.2 Å². The summed E-state index contributed by atoms with van der Waals surface area (Å²) in [6.45, 7) is 2.00. The zero-order valence-corrected chi connectivity index (χ0v) is 20.1. The normalized spacial score (nSPS) is 17.3. The van der Waals surface area contributed by atoms with Crippen molar-refractivity contribution < 1.29 is 18.0 Å². The number of halogens is 1. The van der Waals surface area contributed by atoms with Crippen LogP contribution in [-0.4, -0.2) is 37.6 Å². The monoisotopic (exact) mass is 489 g/mol. The van der Waals surface area contributed by atoms with Gasteiger partial charge in [0, 0.05) is 31.6 Å². The standard InChI is InChI=1S/C24H28ClN3O4S/c1-16(29)26-20-7-9-23(22(25)15-20)27-24(30)18-10-12-28(13-11-18)33(31,32)21-8-6-17-4-2-3-5-19(17)14-21/h6-9,14-15,18H,2-5,10-13H2,1H3,(H,26,29)(H,27,30). The van der Waals surface area contributed by atoms with Gasteiger partial charge < -0.3 is 10.6 Å². The molecular formula is C24H28ClN3O4S. The summed E-state index contributed by atoms with van der Waals surface area (Å²) in [5.41, 5.74) is 3.39. The van der Waals surface area contributed by atoms with Crippen molar-refractivity contribution in [1.29, 1.82) is 0 Å². The van der Waals surface area contributed by atoms with Crippen molar-refractivity contribution in [2.45, 2.75) is 50.3 Å². The second kappa shape index (κ2) is 9.83. The molecule has 2 aliphatic rings. The quantitative estimate of drug-likeness (QED) is 0.657. The Morgan fingerprint density at radius 2 is 1.67 bits per heavy atom. The minimum Gasteiger partial charge on any atom is -0.326 e. The van der Waals surface area contributed by atoms with Gasteiger partial charge in [-0.15, -0.1) is 0 Å². The van der Waals surface area contributed by atoms with Crippen LogP contribution in [0.4, 0.5) is 11.4 Å². The fourth-order valence-corrected chi connectivity index (χ4v) is 6.26. The molecule has 2 amide bonds. The number of hydrogen-bond acceptors (Lipinski definition) is 4. The van der Waals surface area contributed by atoms with E-state index in [4.69, 9.17) is 11.6 Å². The third-order valence-electron chi connectivity index (χ3n) is 6.33. The molecule has 1 saturated heterocycles. The lowest BCUT2D eigenvalue weighted by Gasteiger charge is -2.31. The summed E-state index contributed by atoms with van der Waals surface area (Å²) in [6.07, 6.45) is 5.07. The highest BCUT2D eigenvalue weighted by atomic mass is 35.5. The summed E-state index contributed by atoms with van der Waals surface area (Å²) in [4.78, 5) is 24.3. The van der Waals surface area contributed by atoms with Gasteiger partial charge in [0.15, 0.2) is 0 Å². The summed E-state index contributed by atoms with van der Waals surface area (Å²) < 4.78 is 27.8. The predicted molar refractivity (Wildman–Crippen MR) is 129 cm³/mol. The summed E-state index contributed by atoms with van der Waals surface area (Å²) >= 11 is 6.24. The molecule has 2 aromatic rings. The van der Waals surface area contributed by atoms with Gasteiger partial charge in [-0.25, -0.2) is 8.42 Å². The van der Waals surface area contributed by atoms with Gasteiger partial charge in [-0.3, -0.25) is 9.59 Å². The average molecular weight is 490 g/mol. The molecule has 2 aromatic carbocycles. The minimum atomic E-state index is -3.58. The van der Waals surface area contributed by atoms with Crippen LogP contribution >= 0.6 is 11.6 Å². The van der Waals surface area contributed by atoms with Crippen molar-refractivity contribution in [2.75, 3.05) is 23.7 Å². The number of nitrogens with zero attached hydrogens (tertiary/aromatic N) is 1. The number of hydrogen-bond donors (Lipinski definition) is 2. The molecule has 7 nitrogen and oxygen atoms in total. The first-order valence-electron chi connectivity index (χ1n) is 11.2. The first kappa shape index (κ1) is 23.7. The summed E-state index contributed by atoms with van der Waals surface area (Å²) in [6, 6.07) is 10.4. The number of rotatable bonds is 5. The Kier molecular flexibility index (Phi) is 7.07. The van der Waals surface area contributed by atoms with Crippen LogP contribution in [0.2, 0.25) is 5.02 Å². The Balaban J connectivity index is 1.37. The van der Waals surface area contributed by atoms with Crippen LogP contribution in [0.5, 0.6) is 0 Å². The van der Waals surface area contributed by atoms with E-state index >= 15 is 0 Å². The first-order chi connectivity index (χ1) is 15.7. The summed E-state index contributed by atoms with van der Waals surface area (Å²) in [5.74, 6) is -0.693. The number of fused-ring (bicyclic) bond motifs is 1. The number of benzene rings is 2. The maximum absolute atomic E-state index is 13.2. The van der Waals surface area contributed by atoms with Crippen LogP contribution in [0.25, 0.3) is 0 Å². The number of nitrogens with one attached hydrogen (secondary N) is 2. The molecule has 1 aliphatic carbocycles. The van der Waals surface area contributed by atoms with Gasteiger partial charge >= 0.3 is 0 Å². The Morgan fingerprint density at radius 1 is 0.970 bits per heavy atom. The smallest absolute Gasteiger partial charge is 0.243 e. The molecule has 176 valence electrons. The molecule has 33 heavy (non-hydrogen) atoms. The fraction of sp³-hybridized carbons (Fsp3) is 0.417. The zero-order valence-electron chi connectivity index (χ0n) is 18.6. The zero-order chi connectivity index (χ0) is 23.6. The van der Waals surface area contributed by atoms with Crippen LogP contribution < -0.4 is 10.6 Å². The second-order valence-corrected chi connectivity index (χ2v) is 11.0. The highest BCUT2D eigenvalue weighted by molar-refractivity contribution is 7.89. The van der Waals surface area contributed by atoms with E-state index in [1.54, 1.807) is 24.3 Å². The van der Waals surface area contributed by atoms with Gasteiger partial charge in [0.05, 0.1) is 15.6 Å². The molecular weight excluding hydrogens is 462 g/mol. The first-order valence-corrected chi connectivity index (χ1v) is 13.1. The molecule has 1 aliphatic heterocycles. The van der Waals surface area contributed by atoms with Crippen molar-refractivity contribution in [1.82, 2.24) is 4.31 Å². The number of amides is 2. The molecule has 9 heteroatoms. The molecule has 0 spiro atoms. The maximum atomic E-state index is 13.2. The SMILES string of the molecule is CC(=O)Nc1ccc(NC(=O)C2CCN(S(=O)(=O)c3ccc4c(c3)CCCC4)CC2)c(Cl)c1. The van der Waals surface area contributed by atoms with E-state index in [-0.39, 0.29) is 17.7 Å². The van der Waals surface area contributed by atoms with Gasteiger partial charge in [-0.1, -0.05) is 17.7 Å². The lowest BCUT2D eigenvalue weighted by atomic mass is 9.92. The Labute approximate surface area is 199 Å². The van der Waals surface area contributed by atoms with E-state index < -0.39 is 10.0 Å². The third-order valence-corrected chi connectivity index (χ3v) is 8.54. The van der Waals surface area contributed by atoms with Gasteiger partial charge in [0.1, 0.15) is 0 Å². The van der Waals surface area contributed by atoms with E-state index in [2.05, 4.69) is 10.6 Å². The predicted octanol–water partition coefficient (Wildman–Crippen LogP) is 4.22. The van der Waals surface area contributed by atoms with Gasteiger partial charge in [-0.2, -0.15) is 4.31 Å². The maximum Gasteiger partial charge on any atom is 0.243 e. The van der Waals surface area contributed by atoms with E-state index in [1.165, 1.54) is 16.8 Å². The molecule has 1 fully saturated rings. The van der Waals surface area contributed by atoms with Crippen molar-refractivity contribution in [2.24, 2.45) is 5.92 Å². The molecule has 0 bridgehead atoms. The number of carbonyl (C=O) groups excluding carboxylic acids is 2. The van der Waals surface area contributed by atoms with E-state index in [1.807, 2.05) is 12.1 Å². The van der Waals surface area contributed by atoms with Crippen LogP contribution in [0.3, 0.4) is 0 Å². The molecule has 0 aromatic heterocycles. The van der Waals surface area contributed by atoms with Crippen LogP contribution in [-0.2, 0) is 32.5 Å². The lowest BCUT2D eigenvalue weighted by Crippen LogP contribution is -2.41. The van der Waals surface area contributed by atoms with E-state index in [9.17, 15) is 18.0 Å². The number of carbonyl (C=O) groups is 2. The third kappa shape index (κ3) is 5.39. The van der Waals surface area contributed by atoms with Gasteiger partial charge in [0.25, 0.3) is 0 Å². The highest BCUT2D eigenvalue weighted by Gasteiger charge is 2.32. The molecule has 1 heterocycles. The Bertz CT molecular complexity index is 1170. The number of piperidine rings is 1. The topological polar surface area (TPSA) is 95.6 Å². The second-order valence-electron chi connectivity index (χ2n) is 8.68. The van der Waals surface area contributed by atoms with Crippen LogP contribution in [0.15, 0.2) is 41.3 Å². The minimum absolute atomic E-state index is 0.185. The fourth-order valence-electron chi connectivity index (χ4n) is 4.51. The highest BCUT2D eigenvalue weighted by Crippen LogP contribution is 2.30. The molecule has 0 saturated carbocycles. The average Bonchev–Trinajstić information content (AvgIpc) is 2.80. The van der Waals surface area contributed by atoms with Crippen molar-refractivity contribution in [3.8, 4) is 0 Å². The Morgan fingerprint density at radius 3 is 2.33 bits per heavy atom. The molecule has 4 rings (SSSR count). The summed E-state index contributed by atoms with van der Waals surface area (Å²) in [5, 5.41) is 5.79. The molecule has 0 atom stereocenters. The molecule has 2 N–H and O–H groups in total. The number of sulfonamides is 1. The number of anilines is 2. The van der Waals surface area contributed by atoms with Crippen molar-refractivity contribution >= 4 is 44.8 Å². The van der Waals surface area contributed by atoms with Gasteiger partial charge in [-0.05, 0) is 80.0 Å². The molecule has 0 unspecified atom stereocenters. The lowest BCUT2D eigenvalue weighted by molar-refractivity contribution is -0.121. The van der Waals surface area contributed by atoms with Crippen molar-refractivity contribution in [3.63, 3.8) is 0 Å². The largest absolute Gasteiger partial charge is 0.326 e. The van der Waals surface area contributed by atoms with Crippen molar-refractivity contribution in [3.05, 3.63) is 52.5 Å². The van der Waals surface area contributed by atoms with Gasteiger partial charge in [0.2, 0.25) is 21.8 Å². The number of aryl methyl sites for hydroxylation is 2. The Hall–Kier alpha value is -2.42. The van der Waals surface area contributed by atoms with Crippen LogP contribution in [0.1, 0.15) is 43.7 Å². The van der Waals surface area contributed by atoms with Crippen LogP contribution in [0, 0.1) is 5.92 Å². The molecule has 0 radical (unpaired) electrons.